The molecule has 2 heterocycles. The van der Waals surface area contributed by atoms with Gasteiger partial charge in [0.25, 0.3) is 0 Å². The van der Waals surface area contributed by atoms with Crippen molar-refractivity contribution in [1.82, 2.24) is 10.3 Å². The minimum atomic E-state index is -0.378. The molecule has 5 nitrogen and oxygen atoms in total. The van der Waals surface area contributed by atoms with Gasteiger partial charge in [0.1, 0.15) is 0 Å². The van der Waals surface area contributed by atoms with E-state index in [2.05, 4.69) is 38.0 Å². The lowest BCUT2D eigenvalue weighted by Gasteiger charge is -2.32. The Hall–Kier alpha value is -1.37. The molecular weight excluding hydrogens is 277 g/mol. The Morgan fingerprint density at radius 1 is 1.27 bits per heavy atom. The van der Waals surface area contributed by atoms with E-state index in [9.17, 15) is 0 Å². The Labute approximate surface area is 133 Å². The maximum Gasteiger partial charge on any atom is 0.491 e. The number of rotatable bonds is 4. The zero-order chi connectivity index (χ0) is 16.5. The predicted molar refractivity (Wildman–Crippen MR) is 91.4 cm³/mol. The van der Waals surface area contributed by atoms with Gasteiger partial charge in [-0.05, 0) is 65.3 Å². The van der Waals surface area contributed by atoms with Gasteiger partial charge in [-0.15, -0.1) is 0 Å². The molecular formula is C16H26BN3O2. The second-order valence-corrected chi connectivity index (χ2v) is 6.75. The molecule has 6 heteroatoms. The molecule has 22 heavy (non-hydrogen) atoms. The lowest BCUT2D eigenvalue weighted by Crippen LogP contribution is -2.41. The summed E-state index contributed by atoms with van der Waals surface area (Å²) in [5.41, 5.74) is 8.51. The van der Waals surface area contributed by atoms with E-state index in [-0.39, 0.29) is 18.3 Å². The second-order valence-electron chi connectivity index (χ2n) is 6.75. The predicted octanol–water partition coefficient (Wildman–Crippen LogP) is 2.21. The van der Waals surface area contributed by atoms with Crippen LogP contribution >= 0.6 is 0 Å². The number of pyridine rings is 1. The van der Waals surface area contributed by atoms with Crippen LogP contribution in [0.2, 0.25) is 0 Å². The number of likely N-dealkylation sites (N-methyl/N-ethyl adjacent to an activating group) is 1. The molecule has 1 fully saturated rings. The summed E-state index contributed by atoms with van der Waals surface area (Å²) in [6, 6.07) is 3.78. The van der Waals surface area contributed by atoms with Gasteiger partial charge in [0.2, 0.25) is 0 Å². The Balaban J connectivity index is 2.31. The lowest BCUT2D eigenvalue weighted by molar-refractivity contribution is 0.00578. The van der Waals surface area contributed by atoms with Crippen molar-refractivity contribution in [2.24, 2.45) is 0 Å². The van der Waals surface area contributed by atoms with E-state index >= 15 is 0 Å². The summed E-state index contributed by atoms with van der Waals surface area (Å²) in [6.45, 7) is 10.8. The van der Waals surface area contributed by atoms with Crippen molar-refractivity contribution in [2.75, 3.05) is 19.3 Å². The zero-order valence-electron chi connectivity index (χ0n) is 14.4. The van der Waals surface area contributed by atoms with Crippen molar-refractivity contribution < 1.29 is 9.31 Å². The second kappa shape index (κ2) is 6.03. The summed E-state index contributed by atoms with van der Waals surface area (Å²) >= 11 is 0. The first-order valence-corrected chi connectivity index (χ1v) is 7.60. The van der Waals surface area contributed by atoms with Crippen LogP contribution in [0.4, 0.5) is 5.69 Å². The molecule has 1 aromatic rings. The highest BCUT2D eigenvalue weighted by Crippen LogP contribution is 2.38. The van der Waals surface area contributed by atoms with E-state index in [4.69, 9.17) is 15.0 Å². The van der Waals surface area contributed by atoms with Gasteiger partial charge in [-0.2, -0.15) is 0 Å². The van der Waals surface area contributed by atoms with Crippen LogP contribution in [0.5, 0.6) is 0 Å². The van der Waals surface area contributed by atoms with Gasteiger partial charge in [0, 0.05) is 6.54 Å². The Bertz CT molecular complexity index is 569. The summed E-state index contributed by atoms with van der Waals surface area (Å²) in [6.07, 6.45) is 2.01. The lowest BCUT2D eigenvalue weighted by atomic mass is 9.77. The molecule has 1 aliphatic heterocycles. The Morgan fingerprint density at radius 2 is 1.86 bits per heavy atom. The first-order chi connectivity index (χ1) is 10.2. The SMILES string of the molecule is CNCC(=Cc1ccc(N)c(C)n1)B1OC(C)(C)C(C)(C)O1. The number of aromatic nitrogens is 1. The number of nitrogen functional groups attached to an aromatic ring is 1. The van der Waals surface area contributed by atoms with Crippen LogP contribution in [0.25, 0.3) is 6.08 Å². The summed E-state index contributed by atoms with van der Waals surface area (Å²) in [4.78, 5) is 4.50. The van der Waals surface area contributed by atoms with Crippen molar-refractivity contribution in [3.63, 3.8) is 0 Å². The summed E-state index contributed by atoms with van der Waals surface area (Å²) < 4.78 is 12.2. The largest absolute Gasteiger partial charge is 0.491 e. The van der Waals surface area contributed by atoms with Crippen LogP contribution in [-0.4, -0.2) is 36.9 Å². The van der Waals surface area contributed by atoms with E-state index in [0.29, 0.717) is 12.2 Å². The van der Waals surface area contributed by atoms with Crippen LogP contribution in [0.1, 0.15) is 39.1 Å². The Morgan fingerprint density at radius 3 is 2.36 bits per heavy atom. The minimum Gasteiger partial charge on any atom is -0.400 e. The van der Waals surface area contributed by atoms with Crippen molar-refractivity contribution >= 4 is 18.9 Å². The van der Waals surface area contributed by atoms with E-state index in [1.807, 2.05) is 32.2 Å². The number of nitrogens with zero attached hydrogens (tertiary/aromatic N) is 1. The van der Waals surface area contributed by atoms with Crippen LogP contribution in [-0.2, 0) is 9.31 Å². The minimum absolute atomic E-state index is 0.352. The van der Waals surface area contributed by atoms with Gasteiger partial charge in [0.05, 0.1) is 28.3 Å². The quantitative estimate of drug-likeness (QED) is 0.835. The number of aryl methyl sites for hydroxylation is 1. The molecule has 0 aliphatic carbocycles. The molecule has 2 rings (SSSR count). The van der Waals surface area contributed by atoms with Crippen LogP contribution in [0.15, 0.2) is 17.6 Å². The van der Waals surface area contributed by atoms with Crippen LogP contribution in [0.3, 0.4) is 0 Å². The normalized spacial score (nSPS) is 20.5. The maximum absolute atomic E-state index is 6.12. The van der Waals surface area contributed by atoms with E-state index in [0.717, 1.165) is 16.9 Å². The number of nitrogens with one attached hydrogen (secondary N) is 1. The fourth-order valence-electron chi connectivity index (χ4n) is 2.26. The van der Waals surface area contributed by atoms with Gasteiger partial charge >= 0.3 is 7.12 Å². The molecule has 1 aromatic heterocycles. The number of nitrogens with two attached hydrogens (primary N) is 1. The van der Waals surface area contributed by atoms with Crippen molar-refractivity contribution in [3.8, 4) is 0 Å². The van der Waals surface area contributed by atoms with E-state index in [1.54, 1.807) is 0 Å². The third-order valence-electron chi connectivity index (χ3n) is 4.42. The highest BCUT2D eigenvalue weighted by atomic mass is 16.7. The maximum atomic E-state index is 6.12. The average Bonchev–Trinajstić information content (AvgIpc) is 2.62. The smallest absolute Gasteiger partial charge is 0.400 e. The fourth-order valence-corrected chi connectivity index (χ4v) is 2.26. The summed E-state index contributed by atoms with van der Waals surface area (Å²) in [7, 11) is 1.53. The molecule has 0 spiro atoms. The summed E-state index contributed by atoms with van der Waals surface area (Å²) in [5, 5.41) is 3.16. The van der Waals surface area contributed by atoms with E-state index in [1.165, 1.54) is 0 Å². The summed E-state index contributed by atoms with van der Waals surface area (Å²) in [5.74, 6) is 0. The number of anilines is 1. The van der Waals surface area contributed by atoms with Crippen molar-refractivity contribution in [3.05, 3.63) is 29.0 Å². The first-order valence-electron chi connectivity index (χ1n) is 7.60. The molecule has 0 atom stereocenters. The molecule has 1 saturated heterocycles. The molecule has 0 unspecified atom stereocenters. The van der Waals surface area contributed by atoms with Gasteiger partial charge in [-0.3, -0.25) is 4.98 Å². The number of hydrogen-bond acceptors (Lipinski definition) is 5. The fraction of sp³-hybridized carbons (Fsp3) is 0.562. The molecule has 0 aromatic carbocycles. The third kappa shape index (κ3) is 3.34. The van der Waals surface area contributed by atoms with Gasteiger partial charge in [-0.1, -0.05) is 0 Å². The van der Waals surface area contributed by atoms with Crippen LogP contribution in [0, 0.1) is 6.92 Å². The highest BCUT2D eigenvalue weighted by molar-refractivity contribution is 6.55. The van der Waals surface area contributed by atoms with Gasteiger partial charge < -0.3 is 20.4 Å². The number of hydrogen-bond donors (Lipinski definition) is 2. The third-order valence-corrected chi connectivity index (χ3v) is 4.42. The van der Waals surface area contributed by atoms with Crippen LogP contribution < -0.4 is 11.1 Å². The standard InChI is InChI=1S/C16H26BN3O2/c1-11-14(18)8-7-13(20-11)9-12(10-19-6)17-21-15(2,3)16(4,5)22-17/h7-9,19H,10,18H2,1-6H3. The molecule has 0 amide bonds. The van der Waals surface area contributed by atoms with Gasteiger partial charge in [0.15, 0.2) is 0 Å². The first kappa shape index (κ1) is 17.0. The van der Waals surface area contributed by atoms with Gasteiger partial charge in [-0.25, -0.2) is 0 Å². The highest BCUT2D eigenvalue weighted by Gasteiger charge is 2.52. The Kier molecular flexibility index (Phi) is 4.66. The molecule has 1 aliphatic rings. The topological polar surface area (TPSA) is 69.4 Å². The van der Waals surface area contributed by atoms with E-state index < -0.39 is 0 Å². The van der Waals surface area contributed by atoms with Crippen molar-refractivity contribution in [2.45, 2.75) is 45.8 Å². The molecule has 0 radical (unpaired) electrons. The zero-order valence-corrected chi connectivity index (χ0v) is 14.4. The average molecular weight is 303 g/mol. The molecule has 120 valence electrons. The monoisotopic (exact) mass is 303 g/mol. The molecule has 0 bridgehead atoms. The molecule has 3 N–H and O–H groups in total. The molecule has 0 saturated carbocycles. The van der Waals surface area contributed by atoms with Crippen molar-refractivity contribution in [1.29, 1.82) is 0 Å².